The fourth-order valence-electron chi connectivity index (χ4n) is 2.57. The molecule has 1 unspecified atom stereocenters. The predicted octanol–water partition coefficient (Wildman–Crippen LogP) is 1.86. The molecule has 2 N–H and O–H groups in total. The van der Waals surface area contributed by atoms with Crippen LogP contribution in [0.4, 0.5) is 0 Å². The van der Waals surface area contributed by atoms with Gasteiger partial charge >= 0.3 is 5.97 Å². The van der Waals surface area contributed by atoms with E-state index in [1.807, 2.05) is 6.92 Å². The summed E-state index contributed by atoms with van der Waals surface area (Å²) in [6, 6.07) is 0. The Balaban J connectivity index is 1.91. The highest BCUT2D eigenvalue weighted by Crippen LogP contribution is 2.28. The zero-order valence-corrected chi connectivity index (χ0v) is 11.5. The Morgan fingerprint density at radius 2 is 2.17 bits per heavy atom. The molecule has 4 heteroatoms. The highest BCUT2D eigenvalue weighted by atomic mass is 16.5. The maximum Gasteiger partial charge on any atom is 0.305 e. The Morgan fingerprint density at radius 1 is 1.44 bits per heavy atom. The van der Waals surface area contributed by atoms with Crippen LogP contribution < -0.4 is 5.32 Å². The largest absolute Gasteiger partial charge is 0.466 e. The summed E-state index contributed by atoms with van der Waals surface area (Å²) >= 11 is 0. The molecule has 106 valence electrons. The van der Waals surface area contributed by atoms with E-state index in [0.717, 1.165) is 25.3 Å². The minimum atomic E-state index is -0.240. The zero-order chi connectivity index (χ0) is 13.2. The molecule has 4 nitrogen and oxygen atoms in total. The molecule has 0 bridgehead atoms. The van der Waals surface area contributed by atoms with Gasteiger partial charge in [0.2, 0.25) is 0 Å². The number of hydrogen-bond donors (Lipinski definition) is 2. The summed E-state index contributed by atoms with van der Waals surface area (Å²) in [6.07, 6.45) is 7.12. The van der Waals surface area contributed by atoms with E-state index in [-0.39, 0.29) is 12.1 Å². The highest BCUT2D eigenvalue weighted by molar-refractivity contribution is 5.69. The van der Waals surface area contributed by atoms with Gasteiger partial charge in [-0.2, -0.15) is 0 Å². The van der Waals surface area contributed by atoms with Crippen LogP contribution in [0, 0.1) is 5.92 Å². The van der Waals surface area contributed by atoms with Gasteiger partial charge in [-0.05, 0) is 32.2 Å². The first-order valence-electron chi connectivity index (χ1n) is 7.26. The van der Waals surface area contributed by atoms with Gasteiger partial charge in [0, 0.05) is 13.0 Å². The lowest BCUT2D eigenvalue weighted by Gasteiger charge is -2.15. The number of hydrogen-bond acceptors (Lipinski definition) is 4. The standard InChI is InChI=1S/C14H27NO3/c1-2-18-14(17)8-5-9-15-11-13(16)10-12-6-3-4-7-12/h12-13,15-16H,2-11H2,1H3. The molecule has 0 amide bonds. The molecule has 0 heterocycles. The van der Waals surface area contributed by atoms with Gasteiger partial charge in [-0.25, -0.2) is 0 Å². The third kappa shape index (κ3) is 6.97. The topological polar surface area (TPSA) is 58.6 Å². The summed E-state index contributed by atoms with van der Waals surface area (Å²) in [5.74, 6) is 0.590. The predicted molar refractivity (Wildman–Crippen MR) is 71.3 cm³/mol. The van der Waals surface area contributed by atoms with E-state index in [9.17, 15) is 9.90 Å². The minimum absolute atomic E-state index is 0.134. The van der Waals surface area contributed by atoms with Gasteiger partial charge in [0.25, 0.3) is 0 Å². The Labute approximate surface area is 110 Å². The van der Waals surface area contributed by atoms with Crippen LogP contribution in [0.5, 0.6) is 0 Å². The van der Waals surface area contributed by atoms with Crippen molar-refractivity contribution in [2.75, 3.05) is 19.7 Å². The number of carbonyl (C=O) groups excluding carboxylic acids is 1. The van der Waals surface area contributed by atoms with Gasteiger partial charge in [-0.1, -0.05) is 25.7 Å². The molecular formula is C14H27NO3. The van der Waals surface area contributed by atoms with Crippen molar-refractivity contribution in [3.63, 3.8) is 0 Å². The molecule has 0 saturated heterocycles. The molecule has 0 aromatic heterocycles. The van der Waals surface area contributed by atoms with E-state index in [1.54, 1.807) is 0 Å². The van der Waals surface area contributed by atoms with E-state index in [0.29, 0.717) is 19.6 Å². The first-order valence-corrected chi connectivity index (χ1v) is 7.26. The number of nitrogens with one attached hydrogen (secondary N) is 1. The summed E-state index contributed by atoms with van der Waals surface area (Å²) < 4.78 is 4.84. The van der Waals surface area contributed by atoms with Crippen LogP contribution in [0.3, 0.4) is 0 Å². The first kappa shape index (κ1) is 15.4. The van der Waals surface area contributed by atoms with E-state index in [4.69, 9.17) is 4.74 Å². The van der Waals surface area contributed by atoms with Crippen LogP contribution in [0.15, 0.2) is 0 Å². The summed E-state index contributed by atoms with van der Waals surface area (Å²) in [7, 11) is 0. The molecule has 1 rings (SSSR count). The average molecular weight is 257 g/mol. The van der Waals surface area contributed by atoms with Gasteiger partial charge < -0.3 is 15.2 Å². The second-order valence-corrected chi connectivity index (χ2v) is 5.15. The molecule has 0 aromatic rings. The normalized spacial score (nSPS) is 17.9. The maximum absolute atomic E-state index is 11.1. The fourth-order valence-corrected chi connectivity index (χ4v) is 2.57. The Hall–Kier alpha value is -0.610. The van der Waals surface area contributed by atoms with Gasteiger partial charge in [0.15, 0.2) is 0 Å². The molecule has 0 spiro atoms. The van der Waals surface area contributed by atoms with Crippen molar-refractivity contribution in [3.8, 4) is 0 Å². The van der Waals surface area contributed by atoms with E-state index < -0.39 is 0 Å². The van der Waals surface area contributed by atoms with Crippen LogP contribution in [0.2, 0.25) is 0 Å². The third-order valence-corrected chi connectivity index (χ3v) is 3.50. The van der Waals surface area contributed by atoms with Crippen LogP contribution in [0.1, 0.15) is 51.9 Å². The van der Waals surface area contributed by atoms with Gasteiger partial charge in [0.05, 0.1) is 12.7 Å². The van der Waals surface area contributed by atoms with Crippen molar-refractivity contribution in [3.05, 3.63) is 0 Å². The molecule has 1 aliphatic carbocycles. The third-order valence-electron chi connectivity index (χ3n) is 3.50. The minimum Gasteiger partial charge on any atom is -0.466 e. The van der Waals surface area contributed by atoms with E-state index >= 15 is 0 Å². The second-order valence-electron chi connectivity index (χ2n) is 5.15. The van der Waals surface area contributed by atoms with Gasteiger partial charge in [-0.3, -0.25) is 4.79 Å². The first-order chi connectivity index (χ1) is 8.72. The fraction of sp³-hybridized carbons (Fsp3) is 0.929. The lowest BCUT2D eigenvalue weighted by atomic mass is 10.00. The molecule has 0 radical (unpaired) electrons. The van der Waals surface area contributed by atoms with Crippen LogP contribution in [-0.4, -0.2) is 36.9 Å². The quantitative estimate of drug-likeness (QED) is 0.489. The number of aliphatic hydroxyl groups excluding tert-OH is 1. The molecule has 18 heavy (non-hydrogen) atoms. The van der Waals surface area contributed by atoms with Crippen molar-refractivity contribution in [2.45, 2.75) is 58.0 Å². The monoisotopic (exact) mass is 257 g/mol. The van der Waals surface area contributed by atoms with Crippen molar-refractivity contribution < 1.29 is 14.6 Å². The molecule has 1 atom stereocenters. The van der Waals surface area contributed by atoms with Crippen LogP contribution >= 0.6 is 0 Å². The zero-order valence-electron chi connectivity index (χ0n) is 11.5. The number of carbonyl (C=O) groups is 1. The van der Waals surface area contributed by atoms with Gasteiger partial charge in [0.1, 0.15) is 0 Å². The average Bonchev–Trinajstić information content (AvgIpc) is 2.81. The number of ether oxygens (including phenoxy) is 1. The van der Waals surface area contributed by atoms with Crippen molar-refractivity contribution >= 4 is 5.97 Å². The van der Waals surface area contributed by atoms with Crippen LogP contribution in [0.25, 0.3) is 0 Å². The summed E-state index contributed by atoms with van der Waals surface area (Å²) in [6.45, 7) is 3.67. The van der Waals surface area contributed by atoms with Crippen molar-refractivity contribution in [2.24, 2.45) is 5.92 Å². The Bertz CT molecular complexity index is 227. The number of rotatable bonds is 9. The van der Waals surface area contributed by atoms with Gasteiger partial charge in [-0.15, -0.1) is 0 Å². The summed E-state index contributed by atoms with van der Waals surface area (Å²) in [4.78, 5) is 11.1. The molecule has 1 saturated carbocycles. The van der Waals surface area contributed by atoms with E-state index in [1.165, 1.54) is 25.7 Å². The van der Waals surface area contributed by atoms with Crippen molar-refractivity contribution in [1.82, 2.24) is 5.32 Å². The maximum atomic E-state index is 11.1. The number of esters is 1. The number of aliphatic hydroxyl groups is 1. The van der Waals surface area contributed by atoms with Crippen LogP contribution in [-0.2, 0) is 9.53 Å². The Kier molecular flexibility index (Phi) is 8.01. The SMILES string of the molecule is CCOC(=O)CCCNCC(O)CC1CCCC1. The molecular weight excluding hydrogens is 230 g/mol. The lowest BCUT2D eigenvalue weighted by Crippen LogP contribution is -2.29. The second kappa shape index (κ2) is 9.34. The smallest absolute Gasteiger partial charge is 0.305 e. The summed E-state index contributed by atoms with van der Waals surface area (Å²) in [5.41, 5.74) is 0. The summed E-state index contributed by atoms with van der Waals surface area (Å²) in [5, 5.41) is 13.0. The molecule has 1 fully saturated rings. The lowest BCUT2D eigenvalue weighted by molar-refractivity contribution is -0.143. The highest BCUT2D eigenvalue weighted by Gasteiger charge is 2.18. The Morgan fingerprint density at radius 3 is 2.83 bits per heavy atom. The molecule has 1 aliphatic rings. The molecule has 0 aromatic carbocycles. The van der Waals surface area contributed by atoms with Crippen molar-refractivity contribution in [1.29, 1.82) is 0 Å². The van der Waals surface area contributed by atoms with E-state index in [2.05, 4.69) is 5.32 Å². The molecule has 0 aliphatic heterocycles.